The predicted octanol–water partition coefficient (Wildman–Crippen LogP) is 2.02. The van der Waals surface area contributed by atoms with E-state index in [1.54, 1.807) is 33.2 Å². The number of likely N-dealkylation sites (N-methyl/N-ethyl adjacent to an activating group) is 1. The number of nitrogens with one attached hydrogen (secondary N) is 1. The van der Waals surface area contributed by atoms with Crippen LogP contribution >= 0.6 is 24.0 Å². The van der Waals surface area contributed by atoms with Crippen LogP contribution in [0.3, 0.4) is 0 Å². The molecule has 0 spiro atoms. The second-order valence-electron chi connectivity index (χ2n) is 7.24. The number of nitro benzene ring substituents is 1. The fraction of sp³-hybridized carbons (Fsp3) is 0.550. The van der Waals surface area contributed by atoms with Crippen molar-refractivity contribution in [1.82, 2.24) is 15.1 Å². The van der Waals surface area contributed by atoms with Gasteiger partial charge in [-0.1, -0.05) is 12.1 Å². The molecule has 0 saturated carbocycles. The molecule has 10 nitrogen and oxygen atoms in total. The zero-order valence-corrected chi connectivity index (χ0v) is 20.4. The van der Waals surface area contributed by atoms with Gasteiger partial charge in [0.1, 0.15) is 0 Å². The molecular weight excluding hydrogens is 517 g/mol. The first kappa shape index (κ1) is 26.6. The number of benzene rings is 1. The third kappa shape index (κ3) is 8.31. The SMILES string of the molecule is CCOC(=O)C1CCCN(C(=NCc2ccc([N+](=O)[O-])cc2)NCC(=O)N(C)C)C1.I. The summed E-state index contributed by atoms with van der Waals surface area (Å²) in [5, 5.41) is 13.9. The normalized spacial score (nSPS) is 16.2. The minimum Gasteiger partial charge on any atom is -0.466 e. The maximum absolute atomic E-state index is 12.2. The van der Waals surface area contributed by atoms with E-state index < -0.39 is 4.92 Å². The molecule has 1 aliphatic heterocycles. The molecule has 1 aromatic carbocycles. The second kappa shape index (κ2) is 13.1. The van der Waals surface area contributed by atoms with E-state index in [0.29, 0.717) is 25.7 Å². The fourth-order valence-corrected chi connectivity index (χ4v) is 3.09. The van der Waals surface area contributed by atoms with Crippen molar-refractivity contribution < 1.29 is 19.2 Å². The van der Waals surface area contributed by atoms with E-state index in [2.05, 4.69) is 10.3 Å². The Morgan fingerprint density at radius 3 is 2.58 bits per heavy atom. The van der Waals surface area contributed by atoms with E-state index in [-0.39, 0.29) is 60.5 Å². The topological polar surface area (TPSA) is 117 Å². The van der Waals surface area contributed by atoms with Gasteiger partial charge in [0.15, 0.2) is 5.96 Å². The number of guanidine groups is 1. The molecular formula is C20H30IN5O5. The lowest BCUT2D eigenvalue weighted by Gasteiger charge is -2.34. The number of piperidine rings is 1. The molecule has 0 aliphatic carbocycles. The van der Waals surface area contributed by atoms with Gasteiger partial charge in [-0.2, -0.15) is 0 Å². The van der Waals surface area contributed by atoms with E-state index in [9.17, 15) is 19.7 Å². The molecule has 1 fully saturated rings. The van der Waals surface area contributed by atoms with Crippen molar-refractivity contribution in [3.05, 3.63) is 39.9 Å². The van der Waals surface area contributed by atoms with Gasteiger partial charge in [-0.25, -0.2) is 4.99 Å². The molecule has 2 rings (SSSR count). The van der Waals surface area contributed by atoms with E-state index in [1.165, 1.54) is 17.0 Å². The maximum atomic E-state index is 12.2. The van der Waals surface area contributed by atoms with Gasteiger partial charge in [0.25, 0.3) is 5.69 Å². The van der Waals surface area contributed by atoms with E-state index >= 15 is 0 Å². The number of ether oxygens (including phenoxy) is 1. The third-order valence-corrected chi connectivity index (χ3v) is 4.80. The number of likely N-dealkylation sites (tertiary alicyclic amines) is 1. The summed E-state index contributed by atoms with van der Waals surface area (Å²) in [5.74, 6) is -0.0366. The van der Waals surface area contributed by atoms with E-state index in [4.69, 9.17) is 4.74 Å². The van der Waals surface area contributed by atoms with Crippen molar-refractivity contribution in [3.63, 3.8) is 0 Å². The van der Waals surface area contributed by atoms with Gasteiger partial charge in [-0.3, -0.25) is 19.7 Å². The number of hydrogen-bond donors (Lipinski definition) is 1. The van der Waals surface area contributed by atoms with Crippen molar-refractivity contribution >= 4 is 47.5 Å². The summed E-state index contributed by atoms with van der Waals surface area (Å²) in [6.45, 7) is 3.65. The number of carbonyl (C=O) groups excluding carboxylic acids is 2. The van der Waals surface area contributed by atoms with Crippen LogP contribution in [0.4, 0.5) is 5.69 Å². The number of esters is 1. The molecule has 31 heavy (non-hydrogen) atoms. The van der Waals surface area contributed by atoms with Crippen molar-refractivity contribution in [3.8, 4) is 0 Å². The van der Waals surface area contributed by atoms with Gasteiger partial charge in [0.2, 0.25) is 5.91 Å². The molecule has 1 aliphatic rings. The summed E-state index contributed by atoms with van der Waals surface area (Å²) in [6.07, 6.45) is 1.56. The number of carbonyl (C=O) groups is 2. The Balaban J connectivity index is 0.00000480. The van der Waals surface area contributed by atoms with E-state index in [0.717, 1.165) is 18.4 Å². The van der Waals surface area contributed by atoms with Crippen LogP contribution in [0.15, 0.2) is 29.3 Å². The monoisotopic (exact) mass is 547 g/mol. The van der Waals surface area contributed by atoms with Crippen LogP contribution in [0.5, 0.6) is 0 Å². The minimum atomic E-state index is -0.448. The highest BCUT2D eigenvalue weighted by atomic mass is 127. The van der Waals surface area contributed by atoms with Gasteiger partial charge < -0.3 is 19.9 Å². The van der Waals surface area contributed by atoms with Gasteiger partial charge in [0.05, 0.1) is 30.5 Å². The molecule has 0 radical (unpaired) electrons. The van der Waals surface area contributed by atoms with Gasteiger partial charge in [0, 0.05) is 39.3 Å². The summed E-state index contributed by atoms with van der Waals surface area (Å²) in [4.78, 5) is 42.6. The fourth-order valence-electron chi connectivity index (χ4n) is 3.09. The Hall–Kier alpha value is -2.44. The van der Waals surface area contributed by atoms with Gasteiger partial charge >= 0.3 is 5.97 Å². The van der Waals surface area contributed by atoms with Crippen LogP contribution in [0.1, 0.15) is 25.3 Å². The standard InChI is InChI=1S/C20H29N5O5.HI/c1-4-30-19(27)16-6-5-11-24(14-16)20(22-13-18(26)23(2)3)21-12-15-7-9-17(10-8-15)25(28)29;/h7-10,16H,4-6,11-14H2,1-3H3,(H,21,22);1H. The number of nitro groups is 1. The summed E-state index contributed by atoms with van der Waals surface area (Å²) in [7, 11) is 3.35. The van der Waals surface area contributed by atoms with Crippen molar-refractivity contribution in [2.24, 2.45) is 10.9 Å². The lowest BCUT2D eigenvalue weighted by Crippen LogP contribution is -2.50. The number of halogens is 1. The molecule has 1 aromatic rings. The number of amides is 1. The highest BCUT2D eigenvalue weighted by Gasteiger charge is 2.28. The van der Waals surface area contributed by atoms with Crippen molar-refractivity contribution in [1.29, 1.82) is 0 Å². The number of non-ortho nitro benzene ring substituents is 1. The Morgan fingerprint density at radius 1 is 1.32 bits per heavy atom. The maximum Gasteiger partial charge on any atom is 0.310 e. The minimum absolute atomic E-state index is 0. The van der Waals surface area contributed by atoms with Crippen molar-refractivity contribution in [2.45, 2.75) is 26.3 Å². The Labute approximate surface area is 199 Å². The molecule has 11 heteroatoms. The number of rotatable bonds is 7. The first-order chi connectivity index (χ1) is 14.3. The Morgan fingerprint density at radius 2 is 2.00 bits per heavy atom. The average Bonchev–Trinajstić information content (AvgIpc) is 2.74. The zero-order valence-electron chi connectivity index (χ0n) is 18.1. The smallest absolute Gasteiger partial charge is 0.310 e. The lowest BCUT2D eigenvalue weighted by atomic mass is 9.98. The number of hydrogen-bond acceptors (Lipinski definition) is 6. The molecule has 1 heterocycles. The van der Waals surface area contributed by atoms with Crippen LogP contribution < -0.4 is 5.32 Å². The van der Waals surface area contributed by atoms with Gasteiger partial charge in [-0.15, -0.1) is 24.0 Å². The van der Waals surface area contributed by atoms with Crippen molar-refractivity contribution in [2.75, 3.05) is 40.3 Å². The first-order valence-electron chi connectivity index (χ1n) is 9.95. The molecule has 1 N–H and O–H groups in total. The summed E-state index contributed by atoms with van der Waals surface area (Å²) >= 11 is 0. The molecule has 0 bridgehead atoms. The molecule has 172 valence electrons. The van der Waals surface area contributed by atoms with Crippen LogP contribution in [0.25, 0.3) is 0 Å². The highest BCUT2D eigenvalue weighted by molar-refractivity contribution is 14.0. The number of aliphatic imine (C=N–C) groups is 1. The molecule has 0 aromatic heterocycles. The molecule has 1 amide bonds. The quantitative estimate of drug-likeness (QED) is 0.139. The largest absolute Gasteiger partial charge is 0.466 e. The highest BCUT2D eigenvalue weighted by Crippen LogP contribution is 2.19. The van der Waals surface area contributed by atoms with E-state index in [1.807, 2.05) is 4.90 Å². The summed E-state index contributed by atoms with van der Waals surface area (Å²) in [5.41, 5.74) is 0.823. The summed E-state index contributed by atoms with van der Waals surface area (Å²) in [6, 6.07) is 6.18. The number of nitrogens with zero attached hydrogens (tertiary/aromatic N) is 4. The third-order valence-electron chi connectivity index (χ3n) is 4.80. The van der Waals surface area contributed by atoms with Crippen LogP contribution in [-0.4, -0.2) is 72.9 Å². The Kier molecular flexibility index (Phi) is 11.2. The Bertz CT molecular complexity index is 785. The average molecular weight is 547 g/mol. The molecule has 1 saturated heterocycles. The van der Waals surface area contributed by atoms with Crippen LogP contribution in [-0.2, 0) is 20.9 Å². The summed E-state index contributed by atoms with van der Waals surface area (Å²) < 4.78 is 5.16. The molecule has 1 unspecified atom stereocenters. The first-order valence-corrected chi connectivity index (χ1v) is 9.95. The van der Waals surface area contributed by atoms with Crippen LogP contribution in [0, 0.1) is 16.0 Å². The lowest BCUT2D eigenvalue weighted by molar-refractivity contribution is -0.384. The predicted molar refractivity (Wildman–Crippen MR) is 127 cm³/mol. The molecule has 1 atom stereocenters. The zero-order chi connectivity index (χ0) is 22.1. The second-order valence-corrected chi connectivity index (χ2v) is 7.24. The van der Waals surface area contributed by atoms with Gasteiger partial charge in [-0.05, 0) is 25.3 Å². The van der Waals surface area contributed by atoms with Crippen LogP contribution in [0.2, 0.25) is 0 Å².